The molecule has 0 radical (unpaired) electrons. The smallest absolute Gasteiger partial charge is 0.134 e. The van der Waals surface area contributed by atoms with Gasteiger partial charge in [-0.05, 0) is 66.1 Å². The summed E-state index contributed by atoms with van der Waals surface area (Å²) in [5, 5.41) is 10.4. The monoisotopic (exact) mass is 360 g/mol. The Bertz CT molecular complexity index is 1160. The molecule has 4 rings (SSSR count). The number of nitriles is 1. The topological polar surface area (TPSA) is 39.6 Å². The summed E-state index contributed by atoms with van der Waals surface area (Å²) < 4.78 is 14.2. The lowest BCUT2D eigenvalue weighted by Crippen LogP contribution is -1.85. The number of halogens is 2. The maximum Gasteiger partial charge on any atom is 0.134 e. The van der Waals surface area contributed by atoms with E-state index >= 15 is 0 Å². The standard InChI is InChI=1S/C22H14ClFN2/c1-13-9-14(12-25)5-7-17(13)15-6-8-20-16(10-15)11-21(26-20)22-18(23)3-2-4-19(22)24/h2-11,26H,1H3. The van der Waals surface area contributed by atoms with Gasteiger partial charge < -0.3 is 4.98 Å². The average Bonchev–Trinajstić information content (AvgIpc) is 3.04. The van der Waals surface area contributed by atoms with Gasteiger partial charge >= 0.3 is 0 Å². The van der Waals surface area contributed by atoms with E-state index in [0.29, 0.717) is 21.8 Å². The molecule has 1 heterocycles. The lowest BCUT2D eigenvalue weighted by atomic mass is 9.98. The van der Waals surface area contributed by atoms with Crippen LogP contribution in [0.25, 0.3) is 33.3 Å². The van der Waals surface area contributed by atoms with Gasteiger partial charge in [-0.1, -0.05) is 29.8 Å². The van der Waals surface area contributed by atoms with Crippen molar-refractivity contribution in [1.82, 2.24) is 4.98 Å². The molecule has 0 atom stereocenters. The van der Waals surface area contributed by atoms with Crippen molar-refractivity contribution in [3.63, 3.8) is 0 Å². The van der Waals surface area contributed by atoms with Crippen molar-refractivity contribution in [2.45, 2.75) is 6.92 Å². The second-order valence-corrected chi connectivity index (χ2v) is 6.63. The second-order valence-electron chi connectivity index (χ2n) is 6.22. The van der Waals surface area contributed by atoms with Crippen LogP contribution in [0.2, 0.25) is 5.02 Å². The number of aromatic nitrogens is 1. The molecule has 0 saturated heterocycles. The fourth-order valence-electron chi connectivity index (χ4n) is 3.25. The fraction of sp³-hybridized carbons (Fsp3) is 0.0455. The molecule has 0 fully saturated rings. The van der Waals surface area contributed by atoms with E-state index in [1.807, 2.05) is 43.3 Å². The van der Waals surface area contributed by atoms with Gasteiger partial charge in [0.05, 0.1) is 27.9 Å². The first kappa shape index (κ1) is 16.4. The van der Waals surface area contributed by atoms with Gasteiger partial charge in [0, 0.05) is 10.9 Å². The molecule has 4 heteroatoms. The van der Waals surface area contributed by atoms with E-state index < -0.39 is 0 Å². The first-order valence-corrected chi connectivity index (χ1v) is 8.53. The van der Waals surface area contributed by atoms with Crippen molar-refractivity contribution in [3.8, 4) is 28.5 Å². The van der Waals surface area contributed by atoms with E-state index in [1.54, 1.807) is 12.1 Å². The Morgan fingerprint density at radius 2 is 1.88 bits per heavy atom. The summed E-state index contributed by atoms with van der Waals surface area (Å²) in [6.45, 7) is 1.99. The van der Waals surface area contributed by atoms with Gasteiger partial charge in [0.1, 0.15) is 5.82 Å². The van der Waals surface area contributed by atoms with Gasteiger partial charge in [0.2, 0.25) is 0 Å². The van der Waals surface area contributed by atoms with Gasteiger partial charge in [-0.15, -0.1) is 0 Å². The summed E-state index contributed by atoms with van der Waals surface area (Å²) in [7, 11) is 0. The summed E-state index contributed by atoms with van der Waals surface area (Å²) in [4.78, 5) is 3.24. The van der Waals surface area contributed by atoms with Crippen molar-refractivity contribution < 1.29 is 4.39 Å². The molecule has 0 bridgehead atoms. The van der Waals surface area contributed by atoms with E-state index in [1.165, 1.54) is 6.07 Å². The summed E-state index contributed by atoms with van der Waals surface area (Å²) >= 11 is 6.18. The zero-order valence-corrected chi connectivity index (χ0v) is 14.7. The van der Waals surface area contributed by atoms with Crippen molar-refractivity contribution in [1.29, 1.82) is 5.26 Å². The van der Waals surface area contributed by atoms with Crippen LogP contribution in [0.1, 0.15) is 11.1 Å². The van der Waals surface area contributed by atoms with Gasteiger partial charge in [0.25, 0.3) is 0 Å². The van der Waals surface area contributed by atoms with Crippen LogP contribution in [-0.4, -0.2) is 4.98 Å². The molecule has 0 unspecified atom stereocenters. The molecule has 0 spiro atoms. The molecule has 3 aromatic carbocycles. The Labute approximate surface area is 155 Å². The van der Waals surface area contributed by atoms with Gasteiger partial charge in [-0.3, -0.25) is 0 Å². The van der Waals surface area contributed by atoms with Gasteiger partial charge in [0.15, 0.2) is 0 Å². The fourth-order valence-corrected chi connectivity index (χ4v) is 3.51. The minimum absolute atomic E-state index is 0.354. The summed E-state index contributed by atoms with van der Waals surface area (Å²) in [6.07, 6.45) is 0. The Balaban J connectivity index is 1.83. The molecule has 1 N–H and O–H groups in total. The Morgan fingerprint density at radius 1 is 1.04 bits per heavy atom. The molecule has 0 amide bonds. The van der Waals surface area contributed by atoms with E-state index in [2.05, 4.69) is 17.1 Å². The molecular formula is C22H14ClFN2. The summed E-state index contributed by atoms with van der Waals surface area (Å²) in [5.74, 6) is -0.354. The third kappa shape index (κ3) is 2.75. The molecule has 126 valence electrons. The van der Waals surface area contributed by atoms with E-state index in [-0.39, 0.29) is 5.82 Å². The van der Waals surface area contributed by atoms with Crippen LogP contribution in [0, 0.1) is 24.1 Å². The van der Waals surface area contributed by atoms with Crippen molar-refractivity contribution >= 4 is 22.5 Å². The predicted molar refractivity (Wildman–Crippen MR) is 104 cm³/mol. The molecule has 0 aliphatic rings. The quantitative estimate of drug-likeness (QED) is 0.437. The molecule has 2 nitrogen and oxygen atoms in total. The number of rotatable bonds is 2. The normalized spacial score (nSPS) is 10.8. The second kappa shape index (κ2) is 6.33. The molecule has 0 saturated carbocycles. The largest absolute Gasteiger partial charge is 0.354 e. The van der Waals surface area contributed by atoms with Gasteiger partial charge in [-0.25, -0.2) is 4.39 Å². The van der Waals surface area contributed by atoms with Crippen molar-refractivity contribution in [2.75, 3.05) is 0 Å². The molecule has 26 heavy (non-hydrogen) atoms. The van der Waals surface area contributed by atoms with Crippen molar-refractivity contribution in [2.24, 2.45) is 0 Å². The molecular weight excluding hydrogens is 347 g/mol. The molecule has 4 aromatic rings. The number of H-pyrrole nitrogens is 1. The Hall–Kier alpha value is -3.09. The number of hydrogen-bond donors (Lipinski definition) is 1. The molecule has 0 aliphatic heterocycles. The number of nitrogens with one attached hydrogen (secondary N) is 1. The number of nitrogens with zero attached hydrogens (tertiary/aromatic N) is 1. The predicted octanol–water partition coefficient (Wildman–Crippen LogP) is 6.47. The molecule has 0 aliphatic carbocycles. The minimum atomic E-state index is -0.354. The number of benzene rings is 3. The molecule has 1 aromatic heterocycles. The highest BCUT2D eigenvalue weighted by Crippen LogP contribution is 2.34. The van der Waals surface area contributed by atoms with Gasteiger partial charge in [-0.2, -0.15) is 5.26 Å². The maximum atomic E-state index is 14.2. The Morgan fingerprint density at radius 3 is 2.62 bits per heavy atom. The zero-order valence-electron chi connectivity index (χ0n) is 14.0. The summed E-state index contributed by atoms with van der Waals surface area (Å²) in [5.41, 5.74) is 5.73. The van der Waals surface area contributed by atoms with E-state index in [0.717, 1.165) is 27.6 Å². The first-order valence-electron chi connectivity index (χ1n) is 8.15. The third-order valence-electron chi connectivity index (χ3n) is 4.52. The van der Waals surface area contributed by atoms with Crippen LogP contribution in [-0.2, 0) is 0 Å². The SMILES string of the molecule is Cc1cc(C#N)ccc1-c1ccc2[nH]c(-c3c(F)cccc3Cl)cc2c1. The Kier molecular flexibility index (Phi) is 3.99. The van der Waals surface area contributed by atoms with E-state index in [9.17, 15) is 4.39 Å². The van der Waals surface area contributed by atoms with Crippen LogP contribution in [0.4, 0.5) is 4.39 Å². The highest BCUT2D eigenvalue weighted by atomic mass is 35.5. The summed E-state index contributed by atoms with van der Waals surface area (Å²) in [6, 6.07) is 20.4. The lowest BCUT2D eigenvalue weighted by Gasteiger charge is -2.06. The third-order valence-corrected chi connectivity index (χ3v) is 4.83. The van der Waals surface area contributed by atoms with Crippen LogP contribution >= 0.6 is 11.6 Å². The number of hydrogen-bond acceptors (Lipinski definition) is 1. The lowest BCUT2D eigenvalue weighted by molar-refractivity contribution is 0.631. The average molecular weight is 361 g/mol. The highest BCUT2D eigenvalue weighted by Gasteiger charge is 2.13. The van der Waals surface area contributed by atoms with E-state index in [4.69, 9.17) is 16.9 Å². The number of fused-ring (bicyclic) bond motifs is 1. The maximum absolute atomic E-state index is 14.2. The highest BCUT2D eigenvalue weighted by molar-refractivity contribution is 6.33. The number of aromatic amines is 1. The minimum Gasteiger partial charge on any atom is -0.354 e. The van der Waals surface area contributed by atoms with Crippen molar-refractivity contribution in [3.05, 3.63) is 82.6 Å². The number of aryl methyl sites for hydroxylation is 1. The first-order chi connectivity index (χ1) is 12.6. The van der Waals surface area contributed by atoms with Crippen LogP contribution < -0.4 is 0 Å². The zero-order chi connectivity index (χ0) is 18.3. The van der Waals surface area contributed by atoms with Crippen LogP contribution in [0.3, 0.4) is 0 Å². The van der Waals surface area contributed by atoms with Crippen LogP contribution in [0.15, 0.2) is 60.7 Å². The van der Waals surface area contributed by atoms with Crippen LogP contribution in [0.5, 0.6) is 0 Å².